The van der Waals surface area contributed by atoms with Gasteiger partial charge in [0.2, 0.25) is 0 Å². The van der Waals surface area contributed by atoms with Gasteiger partial charge < -0.3 is 14.1 Å². The molecule has 0 spiro atoms. The third kappa shape index (κ3) is 5.31. The Balaban J connectivity index is 1.58. The lowest BCUT2D eigenvalue weighted by Gasteiger charge is -2.31. The highest BCUT2D eigenvalue weighted by molar-refractivity contribution is 6.35. The van der Waals surface area contributed by atoms with Crippen LogP contribution in [0.2, 0.25) is 10.0 Å². The fraction of sp³-hybridized carbons (Fsp3) is 0.333. The van der Waals surface area contributed by atoms with Gasteiger partial charge in [0.15, 0.2) is 6.61 Å². The number of carbonyl (C=O) groups is 1. The monoisotopic (exact) mass is 498 g/mol. The quantitative estimate of drug-likeness (QED) is 0.280. The summed E-state index contributed by atoms with van der Waals surface area (Å²) in [6.07, 6.45) is 1.60. The van der Waals surface area contributed by atoms with Gasteiger partial charge in [0.1, 0.15) is 5.75 Å². The van der Waals surface area contributed by atoms with E-state index in [0.717, 1.165) is 29.1 Å². The van der Waals surface area contributed by atoms with Crippen molar-refractivity contribution >= 4 is 34.9 Å². The summed E-state index contributed by atoms with van der Waals surface area (Å²) in [4.78, 5) is 17.6. The second-order valence-electron chi connectivity index (χ2n) is 9.71. The molecule has 1 aliphatic rings. The van der Waals surface area contributed by atoms with Crippen LogP contribution in [-0.2, 0) is 16.1 Å². The first kappa shape index (κ1) is 24.4. The van der Waals surface area contributed by atoms with Crippen LogP contribution in [0.25, 0.3) is 5.69 Å². The van der Waals surface area contributed by atoms with Crippen LogP contribution >= 0.6 is 23.2 Å². The molecule has 7 heteroatoms. The molecule has 0 fully saturated rings. The molecule has 0 unspecified atom stereocenters. The van der Waals surface area contributed by atoms with Gasteiger partial charge in [0.25, 0.3) is 0 Å². The van der Waals surface area contributed by atoms with Crippen LogP contribution in [-0.4, -0.2) is 22.9 Å². The van der Waals surface area contributed by atoms with Crippen LogP contribution in [0.1, 0.15) is 48.3 Å². The molecule has 4 rings (SSSR count). The summed E-state index contributed by atoms with van der Waals surface area (Å²) in [5.74, 6) is -0.244. The van der Waals surface area contributed by atoms with E-state index in [0.29, 0.717) is 22.2 Å². The van der Waals surface area contributed by atoms with E-state index in [1.807, 2.05) is 0 Å². The SMILES string of the molecule is Cc1cc(C)cc(-n2c(C)cc3c2CC(C)(C)C/C3=N\OC(=O)COc2ccc(Cl)cc2Cl)c1. The maximum absolute atomic E-state index is 12.4. The average Bonchev–Trinajstić information content (AvgIpc) is 3.05. The van der Waals surface area contributed by atoms with Gasteiger partial charge in [-0.25, -0.2) is 4.79 Å². The third-order valence-corrected chi connectivity index (χ3v) is 6.38. The second-order valence-corrected chi connectivity index (χ2v) is 10.6. The van der Waals surface area contributed by atoms with Crippen molar-refractivity contribution in [2.24, 2.45) is 10.6 Å². The standard InChI is InChI=1S/C27H28Cl2N2O3/c1-16-8-17(2)10-20(9-16)31-18(3)11-21-23(13-27(4,5)14-24(21)31)30-34-26(32)15-33-25-7-6-19(28)12-22(25)29/h6-12H,13-15H2,1-5H3/b30-23+. The number of rotatable bonds is 5. The summed E-state index contributed by atoms with van der Waals surface area (Å²) in [5.41, 5.74) is 7.61. The summed E-state index contributed by atoms with van der Waals surface area (Å²) in [5, 5.41) is 5.09. The molecule has 0 atom stereocenters. The van der Waals surface area contributed by atoms with Gasteiger partial charge in [-0.1, -0.05) is 48.3 Å². The van der Waals surface area contributed by atoms with Crippen LogP contribution < -0.4 is 4.74 Å². The normalized spacial score (nSPS) is 15.8. The molecule has 1 aromatic heterocycles. The lowest BCUT2D eigenvalue weighted by atomic mass is 9.76. The van der Waals surface area contributed by atoms with E-state index in [1.54, 1.807) is 18.2 Å². The van der Waals surface area contributed by atoms with Crippen molar-refractivity contribution in [1.29, 1.82) is 0 Å². The molecule has 1 heterocycles. The number of hydrogen-bond donors (Lipinski definition) is 0. The molecule has 34 heavy (non-hydrogen) atoms. The van der Waals surface area contributed by atoms with Crippen LogP contribution in [0.15, 0.2) is 47.6 Å². The highest BCUT2D eigenvalue weighted by Crippen LogP contribution is 2.38. The molecular weight excluding hydrogens is 471 g/mol. The molecule has 0 amide bonds. The average molecular weight is 499 g/mol. The Kier molecular flexibility index (Phi) is 6.79. The molecule has 0 radical (unpaired) electrons. The number of benzene rings is 2. The topological polar surface area (TPSA) is 52.8 Å². The summed E-state index contributed by atoms with van der Waals surface area (Å²) in [7, 11) is 0. The maximum atomic E-state index is 12.4. The van der Waals surface area contributed by atoms with Gasteiger partial charge in [-0.05, 0) is 86.6 Å². The van der Waals surface area contributed by atoms with Crippen molar-refractivity contribution in [2.75, 3.05) is 6.61 Å². The lowest BCUT2D eigenvalue weighted by Crippen LogP contribution is -2.29. The third-order valence-electron chi connectivity index (χ3n) is 5.85. The number of aromatic nitrogens is 1. The minimum Gasteiger partial charge on any atom is -0.480 e. The molecule has 1 aliphatic carbocycles. The number of halogens is 2. The van der Waals surface area contributed by atoms with Crippen LogP contribution in [0, 0.1) is 26.2 Å². The zero-order valence-corrected chi connectivity index (χ0v) is 21.5. The number of oxime groups is 1. The van der Waals surface area contributed by atoms with E-state index in [4.69, 9.17) is 32.8 Å². The molecule has 0 bridgehead atoms. The van der Waals surface area contributed by atoms with Crippen molar-refractivity contribution in [3.05, 3.63) is 80.6 Å². The van der Waals surface area contributed by atoms with Gasteiger partial charge >= 0.3 is 5.97 Å². The first-order valence-electron chi connectivity index (χ1n) is 11.2. The molecule has 3 aromatic rings. The molecule has 0 saturated heterocycles. The molecular formula is C27H28Cl2N2O3. The van der Waals surface area contributed by atoms with Crippen LogP contribution in [0.5, 0.6) is 5.75 Å². The summed E-state index contributed by atoms with van der Waals surface area (Å²) in [6, 6.07) is 13.5. The fourth-order valence-corrected chi connectivity index (χ4v) is 5.02. The second kappa shape index (κ2) is 9.47. The maximum Gasteiger partial charge on any atom is 0.372 e. The number of fused-ring (bicyclic) bond motifs is 1. The minimum atomic E-state index is -0.603. The van der Waals surface area contributed by atoms with Crippen LogP contribution in [0.3, 0.4) is 0 Å². The molecule has 5 nitrogen and oxygen atoms in total. The largest absolute Gasteiger partial charge is 0.480 e. The summed E-state index contributed by atoms with van der Waals surface area (Å²) in [6.45, 7) is 10.4. The van der Waals surface area contributed by atoms with Crippen molar-refractivity contribution in [1.82, 2.24) is 4.57 Å². The zero-order chi connectivity index (χ0) is 24.6. The first-order valence-corrected chi connectivity index (χ1v) is 11.9. The molecule has 0 aliphatic heterocycles. The predicted octanol–water partition coefficient (Wildman–Crippen LogP) is 7.01. The number of hydrogen-bond acceptors (Lipinski definition) is 4. The van der Waals surface area contributed by atoms with Crippen molar-refractivity contribution in [2.45, 2.75) is 47.5 Å². The lowest BCUT2D eigenvalue weighted by molar-refractivity contribution is -0.146. The Morgan fingerprint density at radius 1 is 1.03 bits per heavy atom. The van der Waals surface area contributed by atoms with E-state index >= 15 is 0 Å². The molecule has 0 N–H and O–H groups in total. The Morgan fingerprint density at radius 2 is 1.74 bits per heavy atom. The Labute approximate surface area is 210 Å². The summed E-state index contributed by atoms with van der Waals surface area (Å²) < 4.78 is 7.76. The van der Waals surface area contributed by atoms with E-state index in [9.17, 15) is 4.79 Å². The van der Waals surface area contributed by atoms with E-state index < -0.39 is 5.97 Å². The highest BCUT2D eigenvalue weighted by atomic mass is 35.5. The molecule has 2 aromatic carbocycles. The number of ether oxygens (including phenoxy) is 1. The highest BCUT2D eigenvalue weighted by Gasteiger charge is 2.34. The summed E-state index contributed by atoms with van der Waals surface area (Å²) >= 11 is 12.0. The fourth-order valence-electron chi connectivity index (χ4n) is 4.56. The molecule has 178 valence electrons. The van der Waals surface area contributed by atoms with Crippen molar-refractivity contribution < 1.29 is 14.4 Å². The Morgan fingerprint density at radius 3 is 2.41 bits per heavy atom. The van der Waals surface area contributed by atoms with Gasteiger partial charge in [0, 0.05) is 27.7 Å². The van der Waals surface area contributed by atoms with E-state index in [2.05, 4.69) is 68.6 Å². The van der Waals surface area contributed by atoms with Crippen LogP contribution in [0.4, 0.5) is 0 Å². The smallest absolute Gasteiger partial charge is 0.372 e. The zero-order valence-electron chi connectivity index (χ0n) is 20.0. The van der Waals surface area contributed by atoms with Gasteiger partial charge in [-0.15, -0.1) is 0 Å². The van der Waals surface area contributed by atoms with E-state index in [1.165, 1.54) is 16.8 Å². The Bertz CT molecular complexity index is 1270. The van der Waals surface area contributed by atoms with Gasteiger partial charge in [-0.3, -0.25) is 0 Å². The predicted molar refractivity (Wildman–Crippen MR) is 137 cm³/mol. The Hall–Kier alpha value is -2.76. The number of aryl methyl sites for hydroxylation is 3. The van der Waals surface area contributed by atoms with Crippen molar-refractivity contribution in [3.63, 3.8) is 0 Å². The number of nitrogens with zero attached hydrogens (tertiary/aromatic N) is 2. The first-order chi connectivity index (χ1) is 16.0. The van der Waals surface area contributed by atoms with E-state index in [-0.39, 0.29) is 12.0 Å². The van der Waals surface area contributed by atoms with Crippen molar-refractivity contribution in [3.8, 4) is 11.4 Å². The minimum absolute atomic E-state index is 0.0347. The van der Waals surface area contributed by atoms with Gasteiger partial charge in [0.05, 0.1) is 10.7 Å². The number of carbonyl (C=O) groups excluding carboxylic acids is 1. The van der Waals surface area contributed by atoms with Gasteiger partial charge in [-0.2, -0.15) is 0 Å². The molecule has 0 saturated carbocycles.